The molecule has 17 heavy (non-hydrogen) atoms. The van der Waals surface area contributed by atoms with Crippen LogP contribution in [-0.4, -0.2) is 61.7 Å². The Morgan fingerprint density at radius 1 is 1.18 bits per heavy atom. The van der Waals surface area contributed by atoms with Crippen molar-refractivity contribution in [2.75, 3.05) is 33.7 Å². The van der Waals surface area contributed by atoms with Crippen LogP contribution in [0.2, 0.25) is 0 Å². The monoisotopic (exact) mass is 241 g/mol. The lowest BCUT2D eigenvalue weighted by Crippen LogP contribution is -2.46. The van der Waals surface area contributed by atoms with Gasteiger partial charge < -0.3 is 15.1 Å². The molecule has 0 spiro atoms. The molecule has 0 aromatic rings. The summed E-state index contributed by atoms with van der Waals surface area (Å²) < 4.78 is 0. The first-order valence-electron chi connectivity index (χ1n) is 7.14. The van der Waals surface area contributed by atoms with Gasteiger partial charge in [0.2, 0.25) is 0 Å². The SMILES string of the molecule is CC1CCN(C(C)CCN(C)C)CCC(C)N1. The molecule has 102 valence electrons. The van der Waals surface area contributed by atoms with Gasteiger partial charge in [0, 0.05) is 18.1 Å². The van der Waals surface area contributed by atoms with E-state index < -0.39 is 0 Å². The number of nitrogens with one attached hydrogen (secondary N) is 1. The number of hydrogen-bond donors (Lipinski definition) is 1. The molecule has 0 bridgehead atoms. The first-order chi connectivity index (χ1) is 7.99. The summed E-state index contributed by atoms with van der Waals surface area (Å²) >= 11 is 0. The van der Waals surface area contributed by atoms with Gasteiger partial charge in [0.15, 0.2) is 0 Å². The third-order valence-corrected chi connectivity index (χ3v) is 3.89. The van der Waals surface area contributed by atoms with E-state index >= 15 is 0 Å². The average molecular weight is 241 g/mol. The lowest BCUT2D eigenvalue weighted by Gasteiger charge is -2.35. The molecule has 3 heteroatoms. The minimum atomic E-state index is 0.661. The molecule has 0 aromatic heterocycles. The van der Waals surface area contributed by atoms with Crippen molar-refractivity contribution < 1.29 is 0 Å². The van der Waals surface area contributed by atoms with E-state index in [0.717, 1.165) is 6.04 Å². The molecule has 1 rings (SSSR count). The number of nitrogens with zero attached hydrogens (tertiary/aromatic N) is 2. The Hall–Kier alpha value is -0.120. The van der Waals surface area contributed by atoms with E-state index in [-0.39, 0.29) is 0 Å². The summed E-state index contributed by atoms with van der Waals surface area (Å²) in [6.07, 6.45) is 3.83. The van der Waals surface area contributed by atoms with E-state index in [0.29, 0.717) is 12.1 Å². The van der Waals surface area contributed by atoms with E-state index in [9.17, 15) is 0 Å². The van der Waals surface area contributed by atoms with Crippen molar-refractivity contribution in [3.8, 4) is 0 Å². The summed E-state index contributed by atoms with van der Waals surface area (Å²) in [7, 11) is 4.32. The van der Waals surface area contributed by atoms with Gasteiger partial charge in [-0.25, -0.2) is 0 Å². The van der Waals surface area contributed by atoms with Crippen LogP contribution < -0.4 is 5.32 Å². The van der Waals surface area contributed by atoms with E-state index in [4.69, 9.17) is 0 Å². The highest BCUT2D eigenvalue weighted by Crippen LogP contribution is 2.12. The van der Waals surface area contributed by atoms with Gasteiger partial charge in [-0.2, -0.15) is 0 Å². The fourth-order valence-corrected chi connectivity index (χ4v) is 2.55. The van der Waals surface area contributed by atoms with Crippen LogP contribution in [-0.2, 0) is 0 Å². The number of hydrogen-bond acceptors (Lipinski definition) is 3. The van der Waals surface area contributed by atoms with Gasteiger partial charge in [-0.05, 0) is 73.8 Å². The Morgan fingerprint density at radius 2 is 1.71 bits per heavy atom. The third-order valence-electron chi connectivity index (χ3n) is 3.89. The molecule has 0 saturated carbocycles. The predicted octanol–water partition coefficient (Wildman–Crippen LogP) is 1.79. The molecule has 1 N–H and O–H groups in total. The van der Waals surface area contributed by atoms with Gasteiger partial charge in [-0.3, -0.25) is 0 Å². The van der Waals surface area contributed by atoms with Crippen molar-refractivity contribution in [2.45, 2.75) is 58.2 Å². The summed E-state index contributed by atoms with van der Waals surface area (Å²) in [4.78, 5) is 4.96. The second-order valence-corrected chi connectivity index (χ2v) is 6.02. The van der Waals surface area contributed by atoms with Gasteiger partial charge in [-0.1, -0.05) is 0 Å². The predicted molar refractivity (Wildman–Crippen MR) is 75.5 cm³/mol. The molecule has 3 nitrogen and oxygen atoms in total. The Labute approximate surface area is 108 Å². The molecule has 1 heterocycles. The van der Waals surface area contributed by atoms with Gasteiger partial charge >= 0.3 is 0 Å². The molecule has 0 aromatic carbocycles. The van der Waals surface area contributed by atoms with Crippen molar-refractivity contribution in [2.24, 2.45) is 0 Å². The lowest BCUT2D eigenvalue weighted by atomic mass is 10.1. The van der Waals surface area contributed by atoms with Crippen LogP contribution in [0.3, 0.4) is 0 Å². The second kappa shape index (κ2) is 7.34. The molecule has 0 aliphatic carbocycles. The molecule has 1 fully saturated rings. The van der Waals surface area contributed by atoms with Gasteiger partial charge in [0.25, 0.3) is 0 Å². The molecule has 1 aliphatic heterocycles. The van der Waals surface area contributed by atoms with Crippen molar-refractivity contribution in [1.29, 1.82) is 0 Å². The summed E-state index contributed by atoms with van der Waals surface area (Å²) in [5.74, 6) is 0. The van der Waals surface area contributed by atoms with Crippen molar-refractivity contribution >= 4 is 0 Å². The maximum absolute atomic E-state index is 3.66. The lowest BCUT2D eigenvalue weighted by molar-refractivity contribution is 0.157. The third kappa shape index (κ3) is 5.84. The highest BCUT2D eigenvalue weighted by Gasteiger charge is 2.19. The van der Waals surface area contributed by atoms with E-state index in [1.165, 1.54) is 38.9 Å². The minimum absolute atomic E-state index is 0.661. The highest BCUT2D eigenvalue weighted by atomic mass is 15.2. The van der Waals surface area contributed by atoms with Crippen LogP contribution >= 0.6 is 0 Å². The first kappa shape index (κ1) is 14.9. The maximum atomic E-state index is 3.66. The smallest absolute Gasteiger partial charge is 0.00791 e. The molecule has 3 atom stereocenters. The summed E-state index contributed by atoms with van der Waals surface area (Å²) in [5.41, 5.74) is 0. The van der Waals surface area contributed by atoms with Crippen molar-refractivity contribution in [1.82, 2.24) is 15.1 Å². The number of rotatable bonds is 4. The largest absolute Gasteiger partial charge is 0.312 e. The first-order valence-corrected chi connectivity index (χ1v) is 7.14. The Bertz CT molecular complexity index is 194. The van der Waals surface area contributed by atoms with E-state index in [1.807, 2.05) is 0 Å². The van der Waals surface area contributed by atoms with Crippen LogP contribution in [0.5, 0.6) is 0 Å². The molecule has 3 unspecified atom stereocenters. The Balaban J connectivity index is 2.39. The fraction of sp³-hybridized carbons (Fsp3) is 1.00. The fourth-order valence-electron chi connectivity index (χ4n) is 2.55. The average Bonchev–Trinajstić information content (AvgIpc) is 2.23. The quantitative estimate of drug-likeness (QED) is 0.809. The Morgan fingerprint density at radius 3 is 2.18 bits per heavy atom. The topological polar surface area (TPSA) is 18.5 Å². The molecule has 0 radical (unpaired) electrons. The summed E-state index contributed by atoms with van der Waals surface area (Å²) in [5, 5.41) is 3.66. The standard InChI is InChI=1S/C14H31N3/c1-12-6-10-17(11-7-13(2)15-12)14(3)8-9-16(4)5/h12-15H,6-11H2,1-5H3. The van der Waals surface area contributed by atoms with Gasteiger partial charge in [0.05, 0.1) is 0 Å². The zero-order chi connectivity index (χ0) is 12.8. The van der Waals surface area contributed by atoms with E-state index in [2.05, 4.69) is 50.0 Å². The molecular formula is C14H31N3. The molecule has 0 amide bonds. The normalized spacial score (nSPS) is 30.0. The minimum Gasteiger partial charge on any atom is -0.312 e. The maximum Gasteiger partial charge on any atom is 0.00791 e. The van der Waals surface area contributed by atoms with E-state index in [1.54, 1.807) is 0 Å². The van der Waals surface area contributed by atoms with Crippen molar-refractivity contribution in [3.63, 3.8) is 0 Å². The summed E-state index contributed by atoms with van der Waals surface area (Å²) in [6, 6.07) is 2.04. The molecular weight excluding hydrogens is 210 g/mol. The van der Waals surface area contributed by atoms with Crippen LogP contribution in [0.25, 0.3) is 0 Å². The zero-order valence-electron chi connectivity index (χ0n) is 12.4. The van der Waals surface area contributed by atoms with Crippen LogP contribution in [0.15, 0.2) is 0 Å². The zero-order valence-corrected chi connectivity index (χ0v) is 12.4. The van der Waals surface area contributed by atoms with Crippen LogP contribution in [0.4, 0.5) is 0 Å². The van der Waals surface area contributed by atoms with Crippen LogP contribution in [0, 0.1) is 0 Å². The van der Waals surface area contributed by atoms with Gasteiger partial charge in [-0.15, -0.1) is 0 Å². The Kier molecular flexibility index (Phi) is 6.45. The van der Waals surface area contributed by atoms with Crippen LogP contribution in [0.1, 0.15) is 40.0 Å². The highest BCUT2D eigenvalue weighted by molar-refractivity contribution is 4.78. The molecule has 1 aliphatic rings. The van der Waals surface area contributed by atoms with Crippen molar-refractivity contribution in [3.05, 3.63) is 0 Å². The molecule has 1 saturated heterocycles. The van der Waals surface area contributed by atoms with Gasteiger partial charge in [0.1, 0.15) is 0 Å². The summed E-state index contributed by atoms with van der Waals surface area (Å²) in [6.45, 7) is 10.7. The second-order valence-electron chi connectivity index (χ2n) is 6.02.